The van der Waals surface area contributed by atoms with E-state index in [9.17, 15) is 0 Å². The molecular formula is C8H9N. The van der Waals surface area contributed by atoms with E-state index in [1.165, 1.54) is 6.55 Å². The van der Waals surface area contributed by atoms with E-state index in [4.69, 9.17) is 7.10 Å². The van der Waals surface area contributed by atoms with Crippen molar-refractivity contribution < 1.29 is 1.37 Å². The van der Waals surface area contributed by atoms with Gasteiger partial charge in [0.15, 0.2) is 0 Å². The van der Waals surface area contributed by atoms with E-state index >= 15 is 0 Å². The van der Waals surface area contributed by atoms with Crippen molar-refractivity contribution in [1.82, 2.24) is 0 Å². The van der Waals surface area contributed by atoms with E-state index in [1.54, 1.807) is 6.08 Å². The Balaban J connectivity index is 2.89. The van der Waals surface area contributed by atoms with Crippen LogP contribution in [0.15, 0.2) is 30.8 Å². The lowest BCUT2D eigenvalue weighted by molar-refractivity contribution is 1.65. The second-order valence-corrected chi connectivity index (χ2v) is 1.83. The highest BCUT2D eigenvalue weighted by atomic mass is 14.5. The Hall–Kier alpha value is -1.24. The van der Waals surface area contributed by atoms with Gasteiger partial charge in [0.2, 0.25) is 0 Å². The van der Waals surface area contributed by atoms with Gasteiger partial charge in [-0.1, -0.05) is 24.8 Å². The van der Waals surface area contributed by atoms with Crippen molar-refractivity contribution in [3.05, 3.63) is 36.4 Å². The molecule has 0 radical (unpaired) electrons. The first-order valence-corrected chi connectivity index (χ1v) is 2.73. The fraction of sp³-hybridized carbons (Fsp3) is 0. The van der Waals surface area contributed by atoms with Crippen molar-refractivity contribution >= 4 is 11.8 Å². The van der Waals surface area contributed by atoms with Crippen molar-refractivity contribution in [1.29, 1.82) is 0 Å². The average Bonchev–Trinajstić information content (AvgIpc) is 1.95. The first kappa shape index (κ1) is 4.62. The molecular weight excluding hydrogens is 110 g/mol. The summed E-state index contributed by atoms with van der Waals surface area (Å²) < 4.78 is 6.78. The molecule has 0 aromatic heterocycles. The van der Waals surface area contributed by atoms with Crippen molar-refractivity contribution in [2.45, 2.75) is 0 Å². The third kappa shape index (κ3) is 1.32. The summed E-state index contributed by atoms with van der Waals surface area (Å²) in [5, 5.41) is 0. The largest absolute Gasteiger partial charge is 0.399 e. The molecule has 0 saturated carbocycles. The summed E-state index contributed by atoms with van der Waals surface area (Å²) in [5.41, 5.74) is 7.21. The Kier molecular flexibility index (Phi) is 1.21. The molecule has 1 nitrogen and oxygen atoms in total. The smallest absolute Gasteiger partial charge is 0.0538 e. The Morgan fingerprint density at radius 2 is 2.11 bits per heavy atom. The van der Waals surface area contributed by atoms with E-state index in [1.807, 2.05) is 24.3 Å². The zero-order chi connectivity index (χ0) is 7.40. The molecule has 1 aromatic rings. The number of hydrogen-bond acceptors (Lipinski definition) is 1. The van der Waals surface area contributed by atoms with Crippen LogP contribution in [0.25, 0.3) is 6.08 Å². The average molecular weight is 120 g/mol. The molecule has 0 aliphatic carbocycles. The summed E-state index contributed by atoms with van der Waals surface area (Å²) in [6.45, 7) is 1.26. The molecule has 2 N–H and O–H groups in total. The van der Waals surface area contributed by atoms with Crippen LogP contribution in [-0.2, 0) is 0 Å². The minimum absolute atomic E-state index is 0.752. The van der Waals surface area contributed by atoms with E-state index in [0.29, 0.717) is 0 Å². The number of nitrogens with two attached hydrogens (primary N) is 1. The van der Waals surface area contributed by atoms with Crippen LogP contribution in [0.1, 0.15) is 6.93 Å². The van der Waals surface area contributed by atoms with Crippen molar-refractivity contribution in [3.8, 4) is 0 Å². The number of rotatable bonds is 1. The standard InChI is InChI=1S/C8H9N/c1-2-7-3-5-8(9)6-4-7/h2-6H,1,9H2/i1D. The molecule has 1 rings (SSSR count). The van der Waals surface area contributed by atoms with Gasteiger partial charge in [-0.25, -0.2) is 0 Å². The molecule has 0 heterocycles. The van der Waals surface area contributed by atoms with E-state index in [-0.39, 0.29) is 0 Å². The van der Waals surface area contributed by atoms with Crippen molar-refractivity contribution in [3.63, 3.8) is 0 Å². The molecule has 0 bridgehead atoms. The third-order valence-corrected chi connectivity index (χ3v) is 1.13. The topological polar surface area (TPSA) is 26.0 Å². The van der Waals surface area contributed by atoms with Gasteiger partial charge in [0.25, 0.3) is 0 Å². The maximum absolute atomic E-state index is 6.78. The molecule has 1 heteroatoms. The zero-order valence-corrected chi connectivity index (χ0v) is 5.04. The molecule has 0 saturated heterocycles. The van der Waals surface area contributed by atoms with Gasteiger partial charge in [-0.15, -0.1) is 0 Å². The zero-order valence-electron chi connectivity index (χ0n) is 6.04. The number of benzene rings is 1. The Morgan fingerprint density at radius 3 is 2.67 bits per heavy atom. The van der Waals surface area contributed by atoms with Crippen molar-refractivity contribution in [2.24, 2.45) is 0 Å². The highest BCUT2D eigenvalue weighted by Gasteiger charge is 1.82. The number of nitrogen functional groups attached to an aromatic ring is 1. The maximum atomic E-state index is 6.78. The summed E-state index contributed by atoms with van der Waals surface area (Å²) >= 11 is 0. The van der Waals surface area contributed by atoms with Crippen LogP contribution in [0, 0.1) is 0 Å². The first-order valence-electron chi connectivity index (χ1n) is 3.31. The van der Waals surface area contributed by atoms with Crippen LogP contribution in [0.5, 0.6) is 0 Å². The lowest BCUT2D eigenvalue weighted by atomic mass is 10.2. The van der Waals surface area contributed by atoms with Crippen molar-refractivity contribution in [2.75, 3.05) is 5.73 Å². The molecule has 1 aromatic carbocycles. The van der Waals surface area contributed by atoms with Gasteiger partial charge in [-0.2, -0.15) is 0 Å². The van der Waals surface area contributed by atoms with Crippen LogP contribution in [0.3, 0.4) is 0 Å². The molecule has 0 amide bonds. The minimum Gasteiger partial charge on any atom is -0.399 e. The summed E-state index contributed by atoms with van der Waals surface area (Å²) in [4.78, 5) is 0. The number of hydrogen-bond donors (Lipinski definition) is 1. The number of anilines is 1. The second kappa shape index (κ2) is 2.35. The highest BCUT2D eigenvalue weighted by molar-refractivity contribution is 5.51. The van der Waals surface area contributed by atoms with Gasteiger partial charge in [-0.05, 0) is 17.7 Å². The van der Waals surface area contributed by atoms with Crippen LogP contribution < -0.4 is 5.73 Å². The molecule has 0 unspecified atom stereocenters. The van der Waals surface area contributed by atoms with E-state index in [2.05, 4.69) is 0 Å². The van der Waals surface area contributed by atoms with Gasteiger partial charge < -0.3 is 5.73 Å². The Morgan fingerprint density at radius 1 is 1.44 bits per heavy atom. The predicted octanol–water partition coefficient (Wildman–Crippen LogP) is 1.91. The summed E-state index contributed by atoms with van der Waals surface area (Å²) in [7, 11) is 0. The second-order valence-electron chi connectivity index (χ2n) is 1.83. The normalized spacial score (nSPS) is 11.8. The molecule has 0 aliphatic rings. The summed E-state index contributed by atoms with van der Waals surface area (Å²) in [6, 6.07) is 7.38. The van der Waals surface area contributed by atoms with Gasteiger partial charge >= 0.3 is 0 Å². The molecule has 46 valence electrons. The molecule has 0 atom stereocenters. The van der Waals surface area contributed by atoms with Crippen LogP contribution in [0.4, 0.5) is 5.69 Å². The fourth-order valence-corrected chi connectivity index (χ4v) is 0.607. The van der Waals surface area contributed by atoms with Crippen LogP contribution >= 0.6 is 0 Å². The van der Waals surface area contributed by atoms with Gasteiger partial charge in [0.1, 0.15) is 0 Å². The lowest BCUT2D eigenvalue weighted by Gasteiger charge is -1.91. The highest BCUT2D eigenvalue weighted by Crippen LogP contribution is 2.05. The molecule has 0 aliphatic heterocycles. The van der Waals surface area contributed by atoms with Gasteiger partial charge in [-0.3, -0.25) is 0 Å². The SMILES string of the molecule is [2H]C=Cc1ccc(N)cc1. The van der Waals surface area contributed by atoms with Crippen LogP contribution in [-0.4, -0.2) is 0 Å². The van der Waals surface area contributed by atoms with Gasteiger partial charge in [0.05, 0.1) is 1.37 Å². The van der Waals surface area contributed by atoms with E-state index in [0.717, 1.165) is 11.3 Å². The van der Waals surface area contributed by atoms with E-state index < -0.39 is 0 Å². The lowest BCUT2D eigenvalue weighted by Crippen LogP contribution is -1.81. The minimum atomic E-state index is 0.752. The van der Waals surface area contributed by atoms with Crippen LogP contribution in [0.2, 0.25) is 0 Å². The predicted molar refractivity (Wildman–Crippen MR) is 40.9 cm³/mol. The third-order valence-electron chi connectivity index (χ3n) is 1.13. The molecule has 0 fully saturated rings. The molecule has 0 spiro atoms. The summed E-state index contributed by atoms with van der Waals surface area (Å²) in [6.07, 6.45) is 1.71. The first-order chi connectivity index (χ1) is 4.83. The maximum Gasteiger partial charge on any atom is 0.0538 e. The fourth-order valence-electron chi connectivity index (χ4n) is 0.607. The van der Waals surface area contributed by atoms with Gasteiger partial charge in [0, 0.05) is 5.69 Å². The summed E-state index contributed by atoms with van der Waals surface area (Å²) in [5.74, 6) is 0. The molecule has 9 heavy (non-hydrogen) atoms. The Bertz CT molecular complexity index is 226. The quantitative estimate of drug-likeness (QED) is 0.563. The monoisotopic (exact) mass is 120 g/mol. The Labute approximate surface area is 56.2 Å².